The van der Waals surface area contributed by atoms with Gasteiger partial charge in [0.25, 0.3) is 0 Å². The van der Waals surface area contributed by atoms with Crippen molar-refractivity contribution in [2.24, 2.45) is 5.92 Å². The minimum absolute atomic E-state index is 0.0511. The quantitative estimate of drug-likeness (QED) is 0.576. The number of ketones is 1. The van der Waals surface area contributed by atoms with Crippen LogP contribution in [-0.2, 0) is 17.6 Å². The van der Waals surface area contributed by atoms with Crippen molar-refractivity contribution in [2.45, 2.75) is 57.8 Å². The van der Waals surface area contributed by atoms with Gasteiger partial charge >= 0.3 is 5.97 Å². The SMILES string of the molecule is O=C(C[C@@H](CCCc1ccccc1)C(=O)O)c1ccc2c(c1)CC1=C2CCCC1. The highest BCUT2D eigenvalue weighted by molar-refractivity contribution is 5.98. The maximum Gasteiger partial charge on any atom is 0.306 e. The highest BCUT2D eigenvalue weighted by atomic mass is 16.4. The lowest BCUT2D eigenvalue weighted by atomic mass is 9.90. The van der Waals surface area contributed by atoms with Gasteiger partial charge in [-0.25, -0.2) is 0 Å². The van der Waals surface area contributed by atoms with Gasteiger partial charge in [0.2, 0.25) is 0 Å². The molecule has 4 rings (SSSR count). The van der Waals surface area contributed by atoms with Gasteiger partial charge in [-0.3, -0.25) is 9.59 Å². The second kappa shape index (κ2) is 8.77. The molecule has 150 valence electrons. The molecule has 3 heteroatoms. The standard InChI is InChI=1S/C26H28O3/c27-25(17-21(26(28)29)11-6-9-18-7-2-1-3-8-18)20-13-14-24-22(16-20)15-19-10-4-5-12-23(19)24/h1-3,7-8,13-14,16,21H,4-6,9-12,15,17H2,(H,28,29)/t21-/m1/s1. The molecule has 2 aromatic rings. The van der Waals surface area contributed by atoms with Gasteiger partial charge in [0.1, 0.15) is 0 Å². The molecule has 0 aliphatic heterocycles. The van der Waals surface area contributed by atoms with E-state index >= 15 is 0 Å². The van der Waals surface area contributed by atoms with Crippen molar-refractivity contribution in [3.05, 3.63) is 76.4 Å². The first-order valence-corrected chi connectivity index (χ1v) is 10.8. The van der Waals surface area contributed by atoms with E-state index in [-0.39, 0.29) is 12.2 Å². The number of hydrogen-bond donors (Lipinski definition) is 1. The van der Waals surface area contributed by atoms with Crippen molar-refractivity contribution in [1.82, 2.24) is 0 Å². The van der Waals surface area contributed by atoms with Gasteiger partial charge in [-0.2, -0.15) is 0 Å². The third-order valence-electron chi connectivity index (χ3n) is 6.38. The van der Waals surface area contributed by atoms with Crippen molar-refractivity contribution in [3.63, 3.8) is 0 Å². The second-order valence-electron chi connectivity index (χ2n) is 8.38. The van der Waals surface area contributed by atoms with Crippen LogP contribution in [0.5, 0.6) is 0 Å². The summed E-state index contributed by atoms with van der Waals surface area (Å²) in [4.78, 5) is 24.5. The molecule has 2 aromatic carbocycles. The Labute approximate surface area is 172 Å². The number of carboxylic acids is 1. The van der Waals surface area contributed by atoms with E-state index in [0.717, 1.165) is 25.7 Å². The van der Waals surface area contributed by atoms with E-state index in [1.165, 1.54) is 41.5 Å². The number of aliphatic carboxylic acids is 1. The predicted molar refractivity (Wildman–Crippen MR) is 115 cm³/mol. The Bertz CT molecular complexity index is 940. The maximum absolute atomic E-state index is 12.8. The van der Waals surface area contributed by atoms with Crippen molar-refractivity contribution in [1.29, 1.82) is 0 Å². The van der Waals surface area contributed by atoms with Gasteiger partial charge < -0.3 is 5.11 Å². The Morgan fingerprint density at radius 1 is 1.00 bits per heavy atom. The molecule has 2 aliphatic rings. The van der Waals surface area contributed by atoms with Crippen LogP contribution in [0, 0.1) is 5.92 Å². The fourth-order valence-corrected chi connectivity index (χ4v) is 4.78. The molecule has 0 aromatic heterocycles. The molecule has 0 amide bonds. The fraction of sp³-hybridized carbons (Fsp3) is 0.385. The lowest BCUT2D eigenvalue weighted by Crippen LogP contribution is -2.18. The van der Waals surface area contributed by atoms with Gasteiger partial charge in [0, 0.05) is 12.0 Å². The minimum Gasteiger partial charge on any atom is -0.481 e. The number of Topliss-reactive ketones (excluding diaryl/α,β-unsaturated/α-hetero) is 1. The number of aryl methyl sites for hydroxylation is 1. The Morgan fingerprint density at radius 2 is 1.79 bits per heavy atom. The zero-order valence-corrected chi connectivity index (χ0v) is 16.8. The number of rotatable bonds is 8. The molecule has 0 saturated heterocycles. The second-order valence-corrected chi connectivity index (χ2v) is 8.38. The Balaban J connectivity index is 1.38. The van der Waals surface area contributed by atoms with E-state index in [2.05, 4.69) is 18.2 Å². The topological polar surface area (TPSA) is 54.4 Å². The Morgan fingerprint density at radius 3 is 2.59 bits per heavy atom. The van der Waals surface area contributed by atoms with E-state index in [1.807, 2.05) is 30.3 Å². The molecular weight excluding hydrogens is 360 g/mol. The van der Waals surface area contributed by atoms with Crippen LogP contribution >= 0.6 is 0 Å². The number of allylic oxidation sites excluding steroid dienone is 2. The average molecular weight is 389 g/mol. The number of carboxylic acid groups (broad SMARTS) is 1. The summed E-state index contributed by atoms with van der Waals surface area (Å²) in [5, 5.41) is 9.60. The van der Waals surface area contributed by atoms with Crippen LogP contribution in [0.1, 0.15) is 72.0 Å². The summed E-state index contributed by atoms with van der Waals surface area (Å²) in [6.45, 7) is 0. The van der Waals surface area contributed by atoms with Crippen LogP contribution in [0.3, 0.4) is 0 Å². The third kappa shape index (κ3) is 4.50. The molecule has 0 spiro atoms. The van der Waals surface area contributed by atoms with Crippen LogP contribution in [0.2, 0.25) is 0 Å². The molecule has 0 radical (unpaired) electrons. The first-order chi connectivity index (χ1) is 14.1. The van der Waals surface area contributed by atoms with Crippen molar-refractivity contribution < 1.29 is 14.7 Å². The third-order valence-corrected chi connectivity index (χ3v) is 6.38. The Hall–Kier alpha value is -2.68. The van der Waals surface area contributed by atoms with E-state index in [0.29, 0.717) is 12.0 Å². The van der Waals surface area contributed by atoms with E-state index in [1.54, 1.807) is 5.57 Å². The summed E-state index contributed by atoms with van der Waals surface area (Å²) < 4.78 is 0. The Kier molecular flexibility index (Phi) is 5.94. The van der Waals surface area contributed by atoms with Gasteiger partial charge in [-0.05, 0) is 79.7 Å². The molecule has 1 atom stereocenters. The van der Waals surface area contributed by atoms with Crippen LogP contribution < -0.4 is 0 Å². The molecule has 0 heterocycles. The highest BCUT2D eigenvalue weighted by Crippen LogP contribution is 2.41. The van der Waals surface area contributed by atoms with E-state index in [9.17, 15) is 14.7 Å². The fourth-order valence-electron chi connectivity index (χ4n) is 4.78. The van der Waals surface area contributed by atoms with Crippen molar-refractivity contribution >= 4 is 17.3 Å². The summed E-state index contributed by atoms with van der Waals surface area (Å²) in [7, 11) is 0. The van der Waals surface area contributed by atoms with E-state index in [4.69, 9.17) is 0 Å². The number of carbonyl (C=O) groups excluding carboxylic acids is 1. The highest BCUT2D eigenvalue weighted by Gasteiger charge is 2.26. The largest absolute Gasteiger partial charge is 0.481 e. The molecule has 0 bridgehead atoms. The van der Waals surface area contributed by atoms with Gasteiger partial charge in [-0.15, -0.1) is 0 Å². The van der Waals surface area contributed by atoms with Crippen LogP contribution in [0.15, 0.2) is 54.1 Å². The molecular formula is C26H28O3. The summed E-state index contributed by atoms with van der Waals surface area (Å²) in [6, 6.07) is 16.1. The summed E-state index contributed by atoms with van der Waals surface area (Å²) in [6.07, 6.45) is 8.03. The molecule has 0 unspecified atom stereocenters. The van der Waals surface area contributed by atoms with Crippen molar-refractivity contribution in [3.8, 4) is 0 Å². The number of benzene rings is 2. The minimum atomic E-state index is -0.871. The molecule has 2 aliphatic carbocycles. The van der Waals surface area contributed by atoms with Gasteiger partial charge in [0.15, 0.2) is 5.78 Å². The zero-order valence-electron chi connectivity index (χ0n) is 16.8. The van der Waals surface area contributed by atoms with Gasteiger partial charge in [-0.1, -0.05) is 48.0 Å². The summed E-state index contributed by atoms with van der Waals surface area (Å²) in [5.41, 5.74) is 7.47. The van der Waals surface area contributed by atoms with Crippen LogP contribution in [0.4, 0.5) is 0 Å². The number of carbonyl (C=O) groups is 2. The molecule has 3 nitrogen and oxygen atoms in total. The first kappa shape index (κ1) is 19.6. The normalized spacial score (nSPS) is 16.3. The molecule has 0 fully saturated rings. The van der Waals surface area contributed by atoms with E-state index < -0.39 is 11.9 Å². The molecule has 29 heavy (non-hydrogen) atoms. The monoisotopic (exact) mass is 388 g/mol. The lowest BCUT2D eigenvalue weighted by Gasteiger charge is -2.14. The number of fused-ring (bicyclic) bond motifs is 2. The van der Waals surface area contributed by atoms with Gasteiger partial charge in [0.05, 0.1) is 5.92 Å². The van der Waals surface area contributed by atoms with Crippen LogP contribution in [-0.4, -0.2) is 16.9 Å². The summed E-state index contributed by atoms with van der Waals surface area (Å²) >= 11 is 0. The van der Waals surface area contributed by atoms with Crippen LogP contribution in [0.25, 0.3) is 5.57 Å². The lowest BCUT2D eigenvalue weighted by molar-refractivity contribution is -0.141. The first-order valence-electron chi connectivity index (χ1n) is 10.8. The molecule has 1 N–H and O–H groups in total. The average Bonchev–Trinajstić information content (AvgIpc) is 3.11. The zero-order chi connectivity index (χ0) is 20.2. The maximum atomic E-state index is 12.8. The molecule has 0 saturated carbocycles. The predicted octanol–water partition coefficient (Wildman–Crippen LogP) is 5.87. The van der Waals surface area contributed by atoms with Crippen molar-refractivity contribution in [2.75, 3.05) is 0 Å². The smallest absolute Gasteiger partial charge is 0.306 e. The number of hydrogen-bond acceptors (Lipinski definition) is 2. The summed E-state index contributed by atoms with van der Waals surface area (Å²) in [5.74, 6) is -1.54.